The quantitative estimate of drug-likeness (QED) is 0.836. The van der Waals surface area contributed by atoms with Crippen LogP contribution in [-0.4, -0.2) is 22.4 Å². The van der Waals surface area contributed by atoms with Crippen LogP contribution in [0.3, 0.4) is 0 Å². The molecule has 0 spiro atoms. The van der Waals surface area contributed by atoms with Gasteiger partial charge in [-0.15, -0.1) is 13.2 Å². The maximum Gasteiger partial charge on any atom is 0.574 e. The molecule has 0 amide bonds. The van der Waals surface area contributed by atoms with Crippen molar-refractivity contribution in [2.24, 2.45) is 0 Å². The SMILES string of the molecule is Cc1cnc(OC(F)(F)F)c(I)c1C(=O)O. The van der Waals surface area contributed by atoms with Crippen LogP contribution in [-0.2, 0) is 0 Å². The average Bonchev–Trinajstić information content (AvgIpc) is 2.07. The van der Waals surface area contributed by atoms with Crippen LogP contribution < -0.4 is 4.74 Å². The van der Waals surface area contributed by atoms with Crippen LogP contribution in [0.25, 0.3) is 0 Å². The first kappa shape index (κ1) is 13.0. The Bertz CT molecular complexity index is 433. The van der Waals surface area contributed by atoms with Gasteiger partial charge < -0.3 is 9.84 Å². The molecule has 0 aliphatic rings. The lowest BCUT2D eigenvalue weighted by Gasteiger charge is -2.11. The van der Waals surface area contributed by atoms with E-state index in [-0.39, 0.29) is 14.7 Å². The third-order valence-corrected chi connectivity index (χ3v) is 2.60. The van der Waals surface area contributed by atoms with Crippen molar-refractivity contribution in [3.8, 4) is 5.88 Å². The van der Waals surface area contributed by atoms with Crippen LogP contribution in [0.2, 0.25) is 0 Å². The Morgan fingerprint density at radius 3 is 2.56 bits per heavy atom. The Hall–Kier alpha value is -1.06. The zero-order chi connectivity index (χ0) is 12.5. The lowest BCUT2D eigenvalue weighted by molar-refractivity contribution is -0.276. The summed E-state index contributed by atoms with van der Waals surface area (Å²) < 4.78 is 39.2. The number of ether oxygens (including phenoxy) is 1. The Morgan fingerprint density at radius 1 is 1.56 bits per heavy atom. The number of aromatic carboxylic acids is 1. The number of carbonyl (C=O) groups is 1. The number of rotatable bonds is 2. The van der Waals surface area contributed by atoms with Crippen LogP contribution in [0.5, 0.6) is 5.88 Å². The Morgan fingerprint density at radius 2 is 2.12 bits per heavy atom. The second-order valence-electron chi connectivity index (χ2n) is 2.79. The lowest BCUT2D eigenvalue weighted by atomic mass is 10.1. The molecule has 4 nitrogen and oxygen atoms in total. The molecule has 0 aliphatic carbocycles. The van der Waals surface area contributed by atoms with Gasteiger partial charge in [0.2, 0.25) is 5.88 Å². The smallest absolute Gasteiger partial charge is 0.478 e. The maximum atomic E-state index is 11.9. The summed E-state index contributed by atoms with van der Waals surface area (Å²) in [5.74, 6) is -2.08. The van der Waals surface area contributed by atoms with E-state index >= 15 is 0 Å². The Labute approximate surface area is 102 Å². The summed E-state index contributed by atoms with van der Waals surface area (Å²) in [6, 6.07) is 0. The van der Waals surface area contributed by atoms with E-state index in [1.165, 1.54) is 29.5 Å². The molecule has 0 atom stereocenters. The summed E-state index contributed by atoms with van der Waals surface area (Å²) in [6.45, 7) is 1.44. The molecule has 1 heterocycles. The normalized spacial score (nSPS) is 11.3. The number of hydrogen-bond donors (Lipinski definition) is 1. The molecule has 16 heavy (non-hydrogen) atoms. The molecule has 0 radical (unpaired) electrons. The van der Waals surface area contributed by atoms with Crippen LogP contribution >= 0.6 is 22.6 Å². The summed E-state index contributed by atoms with van der Waals surface area (Å²) >= 11 is 1.45. The molecule has 1 N–H and O–H groups in total. The summed E-state index contributed by atoms with van der Waals surface area (Å²) in [7, 11) is 0. The largest absolute Gasteiger partial charge is 0.574 e. The number of halogens is 4. The van der Waals surface area contributed by atoms with Gasteiger partial charge in [0.15, 0.2) is 0 Å². The third-order valence-electron chi connectivity index (χ3n) is 1.60. The van der Waals surface area contributed by atoms with E-state index in [4.69, 9.17) is 5.11 Å². The van der Waals surface area contributed by atoms with E-state index < -0.39 is 18.2 Å². The fraction of sp³-hybridized carbons (Fsp3) is 0.250. The molecule has 0 aliphatic heterocycles. The number of aromatic nitrogens is 1. The third kappa shape index (κ3) is 2.97. The predicted molar refractivity (Wildman–Crippen MR) is 55.3 cm³/mol. The molecular formula is C8H5F3INO3. The highest BCUT2D eigenvalue weighted by Crippen LogP contribution is 2.29. The molecule has 88 valence electrons. The zero-order valence-corrected chi connectivity index (χ0v) is 9.96. The summed E-state index contributed by atoms with van der Waals surface area (Å²) in [4.78, 5) is 14.2. The Balaban J connectivity index is 3.24. The van der Waals surface area contributed by atoms with Crippen molar-refractivity contribution in [2.45, 2.75) is 13.3 Å². The van der Waals surface area contributed by atoms with Crippen molar-refractivity contribution in [2.75, 3.05) is 0 Å². The number of hydrogen-bond acceptors (Lipinski definition) is 3. The molecule has 0 saturated heterocycles. The topological polar surface area (TPSA) is 59.4 Å². The minimum Gasteiger partial charge on any atom is -0.478 e. The van der Waals surface area contributed by atoms with E-state index in [9.17, 15) is 18.0 Å². The lowest BCUT2D eigenvalue weighted by Crippen LogP contribution is -2.20. The van der Waals surface area contributed by atoms with Crippen LogP contribution in [0.4, 0.5) is 13.2 Å². The minimum atomic E-state index is -4.89. The monoisotopic (exact) mass is 347 g/mol. The molecule has 0 fully saturated rings. The molecule has 0 saturated carbocycles. The molecular weight excluding hydrogens is 342 g/mol. The van der Waals surface area contributed by atoms with Crippen molar-refractivity contribution in [1.82, 2.24) is 4.98 Å². The van der Waals surface area contributed by atoms with Gasteiger partial charge in [0.1, 0.15) is 0 Å². The number of pyridine rings is 1. The molecule has 0 aromatic carbocycles. The summed E-state index contributed by atoms with van der Waals surface area (Å²) in [5.41, 5.74) is 0.0290. The number of carboxylic acid groups (broad SMARTS) is 1. The number of carboxylic acids is 1. The fourth-order valence-corrected chi connectivity index (χ4v) is 1.91. The standard InChI is InChI=1S/C8H5F3INO3/c1-3-2-13-6(16-8(9,10)11)5(12)4(3)7(14)15/h2H,1H3,(H,14,15). The molecule has 1 aromatic rings. The van der Waals surface area contributed by atoms with Crippen LogP contribution in [0.15, 0.2) is 6.20 Å². The van der Waals surface area contributed by atoms with Crippen molar-refractivity contribution < 1.29 is 27.8 Å². The zero-order valence-electron chi connectivity index (χ0n) is 7.80. The van der Waals surface area contributed by atoms with Crippen LogP contribution in [0.1, 0.15) is 15.9 Å². The Kier molecular flexibility index (Phi) is 3.61. The first-order chi connectivity index (χ1) is 7.22. The predicted octanol–water partition coefficient (Wildman–Crippen LogP) is 2.59. The van der Waals surface area contributed by atoms with Gasteiger partial charge in [-0.2, -0.15) is 0 Å². The maximum absolute atomic E-state index is 11.9. The summed E-state index contributed by atoms with van der Waals surface area (Å²) in [5, 5.41) is 8.80. The van der Waals surface area contributed by atoms with Crippen LogP contribution in [0, 0.1) is 10.5 Å². The molecule has 1 rings (SSSR count). The molecule has 8 heteroatoms. The highest BCUT2D eigenvalue weighted by molar-refractivity contribution is 14.1. The van der Waals surface area contributed by atoms with Gasteiger partial charge in [-0.25, -0.2) is 9.78 Å². The van der Waals surface area contributed by atoms with Crippen molar-refractivity contribution in [3.05, 3.63) is 20.9 Å². The van der Waals surface area contributed by atoms with Crippen molar-refractivity contribution in [1.29, 1.82) is 0 Å². The number of aryl methyl sites for hydroxylation is 1. The average molecular weight is 347 g/mol. The van der Waals surface area contributed by atoms with Crippen molar-refractivity contribution in [3.63, 3.8) is 0 Å². The van der Waals surface area contributed by atoms with Gasteiger partial charge >= 0.3 is 12.3 Å². The molecule has 0 bridgehead atoms. The second kappa shape index (κ2) is 4.44. The molecule has 1 aromatic heterocycles. The van der Waals surface area contributed by atoms with Gasteiger partial charge in [-0.05, 0) is 35.1 Å². The number of alkyl halides is 3. The highest BCUT2D eigenvalue weighted by Gasteiger charge is 2.33. The summed E-state index contributed by atoms with van der Waals surface area (Å²) in [6.07, 6.45) is -3.87. The molecule has 0 unspecified atom stereocenters. The first-order valence-electron chi connectivity index (χ1n) is 3.86. The van der Waals surface area contributed by atoms with Gasteiger partial charge in [-0.1, -0.05) is 0 Å². The number of nitrogens with zero attached hydrogens (tertiary/aromatic N) is 1. The van der Waals surface area contributed by atoms with E-state index in [2.05, 4.69) is 9.72 Å². The second-order valence-corrected chi connectivity index (χ2v) is 3.87. The van der Waals surface area contributed by atoms with E-state index in [1.807, 2.05) is 0 Å². The van der Waals surface area contributed by atoms with Gasteiger partial charge in [-0.3, -0.25) is 0 Å². The fourth-order valence-electron chi connectivity index (χ4n) is 1.00. The van der Waals surface area contributed by atoms with Gasteiger partial charge in [0.05, 0.1) is 9.13 Å². The minimum absolute atomic E-state index is 0.178. The highest BCUT2D eigenvalue weighted by atomic mass is 127. The first-order valence-corrected chi connectivity index (χ1v) is 4.94. The van der Waals surface area contributed by atoms with Gasteiger partial charge in [0, 0.05) is 6.20 Å². The van der Waals surface area contributed by atoms with E-state index in [0.717, 1.165) is 6.20 Å². The van der Waals surface area contributed by atoms with Gasteiger partial charge in [0.25, 0.3) is 0 Å². The van der Waals surface area contributed by atoms with E-state index in [0.29, 0.717) is 0 Å². The van der Waals surface area contributed by atoms with E-state index in [1.54, 1.807) is 0 Å². The van der Waals surface area contributed by atoms with Crippen molar-refractivity contribution >= 4 is 28.6 Å².